The van der Waals surface area contributed by atoms with E-state index in [4.69, 9.17) is 15.0 Å². The van der Waals surface area contributed by atoms with Crippen LogP contribution < -0.4 is 10.5 Å². The van der Waals surface area contributed by atoms with Crippen molar-refractivity contribution in [1.82, 2.24) is 5.16 Å². The molecule has 0 fully saturated rings. The van der Waals surface area contributed by atoms with Crippen LogP contribution in [0.25, 0.3) is 11.3 Å². The van der Waals surface area contributed by atoms with E-state index in [-0.39, 0.29) is 0 Å². The Morgan fingerprint density at radius 1 is 1.22 bits per heavy atom. The second kappa shape index (κ2) is 5.23. The third-order valence-electron chi connectivity index (χ3n) is 2.86. The van der Waals surface area contributed by atoms with Gasteiger partial charge in [-0.1, -0.05) is 5.16 Å². The molecule has 0 aliphatic rings. The van der Waals surface area contributed by atoms with Crippen LogP contribution in [-0.4, -0.2) is 11.8 Å². The molecule has 2 rings (SSSR count). The molecule has 0 aliphatic heterocycles. The Bertz CT molecular complexity index is 547. The summed E-state index contributed by atoms with van der Waals surface area (Å²) in [5.41, 5.74) is 9.60. The average molecular weight is 246 g/mol. The molecule has 0 saturated heterocycles. The van der Waals surface area contributed by atoms with Gasteiger partial charge in [0.05, 0.1) is 13.2 Å². The molecule has 0 atom stereocenters. The number of benzene rings is 1. The zero-order valence-electron chi connectivity index (χ0n) is 11.0. The molecule has 0 unspecified atom stereocenters. The van der Waals surface area contributed by atoms with E-state index in [1.807, 2.05) is 32.9 Å². The molecule has 2 aromatic rings. The first-order chi connectivity index (χ1) is 8.65. The second-order valence-electron chi connectivity index (χ2n) is 4.25. The number of nitrogens with zero attached hydrogens (tertiary/aromatic N) is 1. The standard InChI is InChI=1S/C14H18N2O2/c1-4-17-14-6-9(2)12(5-10(14)3)13-7-11(8-15)18-16-13/h5-7H,4,8,15H2,1-3H3. The van der Waals surface area contributed by atoms with Gasteiger partial charge in [-0.2, -0.15) is 0 Å². The van der Waals surface area contributed by atoms with Crippen molar-refractivity contribution < 1.29 is 9.26 Å². The topological polar surface area (TPSA) is 61.3 Å². The minimum atomic E-state index is 0.363. The molecule has 0 spiro atoms. The van der Waals surface area contributed by atoms with Crippen LogP contribution in [0.3, 0.4) is 0 Å². The SMILES string of the molecule is CCOc1cc(C)c(-c2cc(CN)on2)cc1C. The largest absolute Gasteiger partial charge is 0.494 e. The third-order valence-corrected chi connectivity index (χ3v) is 2.86. The van der Waals surface area contributed by atoms with Gasteiger partial charge in [0.1, 0.15) is 11.4 Å². The van der Waals surface area contributed by atoms with Gasteiger partial charge in [0, 0.05) is 11.6 Å². The van der Waals surface area contributed by atoms with Crippen molar-refractivity contribution in [1.29, 1.82) is 0 Å². The summed E-state index contributed by atoms with van der Waals surface area (Å²) in [6.45, 7) is 7.07. The molecule has 2 N–H and O–H groups in total. The quantitative estimate of drug-likeness (QED) is 0.901. The van der Waals surface area contributed by atoms with E-state index in [1.54, 1.807) is 0 Å². The van der Waals surface area contributed by atoms with Crippen molar-refractivity contribution >= 4 is 0 Å². The maximum absolute atomic E-state index is 5.57. The molecule has 4 nitrogen and oxygen atoms in total. The number of hydrogen-bond donors (Lipinski definition) is 1. The lowest BCUT2D eigenvalue weighted by Crippen LogP contribution is -1.96. The van der Waals surface area contributed by atoms with Crippen LogP contribution in [0.15, 0.2) is 22.7 Å². The second-order valence-corrected chi connectivity index (χ2v) is 4.25. The summed E-state index contributed by atoms with van der Waals surface area (Å²) in [4.78, 5) is 0. The first-order valence-electron chi connectivity index (χ1n) is 6.05. The lowest BCUT2D eigenvalue weighted by molar-refractivity contribution is 0.337. The monoisotopic (exact) mass is 246 g/mol. The van der Waals surface area contributed by atoms with Gasteiger partial charge in [-0.3, -0.25) is 0 Å². The fourth-order valence-corrected chi connectivity index (χ4v) is 1.91. The normalized spacial score (nSPS) is 10.7. The molecular weight excluding hydrogens is 228 g/mol. The maximum atomic E-state index is 5.57. The predicted octanol–water partition coefficient (Wildman–Crippen LogP) is 2.82. The number of aryl methyl sites for hydroxylation is 2. The van der Waals surface area contributed by atoms with E-state index >= 15 is 0 Å². The van der Waals surface area contributed by atoms with Crippen molar-refractivity contribution in [3.05, 3.63) is 35.1 Å². The summed E-state index contributed by atoms with van der Waals surface area (Å²) in [5, 5.41) is 4.04. The van der Waals surface area contributed by atoms with Crippen molar-refractivity contribution in [2.75, 3.05) is 6.61 Å². The van der Waals surface area contributed by atoms with Crippen LogP contribution in [-0.2, 0) is 6.54 Å². The molecule has 0 saturated carbocycles. The Kier molecular flexibility index (Phi) is 3.67. The number of ether oxygens (including phenoxy) is 1. The minimum absolute atomic E-state index is 0.363. The van der Waals surface area contributed by atoms with Gasteiger partial charge >= 0.3 is 0 Å². The predicted molar refractivity (Wildman–Crippen MR) is 70.5 cm³/mol. The van der Waals surface area contributed by atoms with Gasteiger partial charge in [0.15, 0.2) is 5.76 Å². The summed E-state index contributed by atoms with van der Waals surface area (Å²) in [5.74, 6) is 1.61. The average Bonchev–Trinajstić information content (AvgIpc) is 2.82. The summed E-state index contributed by atoms with van der Waals surface area (Å²) in [6.07, 6.45) is 0. The van der Waals surface area contributed by atoms with E-state index < -0.39 is 0 Å². The smallest absolute Gasteiger partial charge is 0.150 e. The molecule has 0 bridgehead atoms. The highest BCUT2D eigenvalue weighted by Gasteiger charge is 2.11. The first kappa shape index (κ1) is 12.6. The highest BCUT2D eigenvalue weighted by atomic mass is 16.5. The number of hydrogen-bond acceptors (Lipinski definition) is 4. The van der Waals surface area contributed by atoms with Crippen LogP contribution in [0.5, 0.6) is 5.75 Å². The van der Waals surface area contributed by atoms with Crippen molar-refractivity contribution in [2.45, 2.75) is 27.3 Å². The van der Waals surface area contributed by atoms with Crippen LogP contribution in [0.4, 0.5) is 0 Å². The van der Waals surface area contributed by atoms with Gasteiger partial charge in [0.2, 0.25) is 0 Å². The first-order valence-corrected chi connectivity index (χ1v) is 6.05. The van der Waals surface area contributed by atoms with Gasteiger partial charge in [-0.05, 0) is 44.0 Å². The molecule has 1 aromatic heterocycles. The van der Waals surface area contributed by atoms with Crippen molar-refractivity contribution in [2.24, 2.45) is 5.73 Å². The molecule has 1 aromatic carbocycles. The van der Waals surface area contributed by atoms with E-state index in [0.29, 0.717) is 18.9 Å². The highest BCUT2D eigenvalue weighted by molar-refractivity contribution is 5.66. The molecule has 0 amide bonds. The van der Waals surface area contributed by atoms with E-state index in [1.165, 1.54) is 0 Å². The van der Waals surface area contributed by atoms with Crippen molar-refractivity contribution in [3.8, 4) is 17.0 Å². The van der Waals surface area contributed by atoms with Gasteiger partial charge in [-0.15, -0.1) is 0 Å². The summed E-state index contributed by atoms with van der Waals surface area (Å²) >= 11 is 0. The fraction of sp³-hybridized carbons (Fsp3) is 0.357. The van der Waals surface area contributed by atoms with Gasteiger partial charge in [0.25, 0.3) is 0 Å². The minimum Gasteiger partial charge on any atom is -0.494 e. The van der Waals surface area contributed by atoms with Crippen LogP contribution >= 0.6 is 0 Å². The van der Waals surface area contributed by atoms with Crippen LogP contribution in [0, 0.1) is 13.8 Å². The van der Waals surface area contributed by atoms with Crippen LogP contribution in [0.2, 0.25) is 0 Å². The molecular formula is C14H18N2O2. The fourth-order valence-electron chi connectivity index (χ4n) is 1.91. The van der Waals surface area contributed by atoms with E-state index in [0.717, 1.165) is 28.1 Å². The van der Waals surface area contributed by atoms with Gasteiger partial charge in [-0.25, -0.2) is 0 Å². The number of nitrogens with two attached hydrogens (primary N) is 1. The summed E-state index contributed by atoms with van der Waals surface area (Å²) < 4.78 is 10.7. The Hall–Kier alpha value is -1.81. The molecule has 1 heterocycles. The van der Waals surface area contributed by atoms with Gasteiger partial charge < -0.3 is 15.0 Å². The maximum Gasteiger partial charge on any atom is 0.150 e. The lowest BCUT2D eigenvalue weighted by atomic mass is 10.0. The number of aromatic nitrogens is 1. The Morgan fingerprint density at radius 3 is 2.61 bits per heavy atom. The number of rotatable bonds is 4. The zero-order valence-corrected chi connectivity index (χ0v) is 11.0. The van der Waals surface area contributed by atoms with E-state index in [9.17, 15) is 0 Å². The molecule has 18 heavy (non-hydrogen) atoms. The Balaban J connectivity index is 2.42. The van der Waals surface area contributed by atoms with E-state index in [2.05, 4.69) is 11.2 Å². The molecule has 0 aliphatic carbocycles. The zero-order chi connectivity index (χ0) is 13.1. The Morgan fingerprint density at radius 2 is 2.00 bits per heavy atom. The molecule has 96 valence electrons. The lowest BCUT2D eigenvalue weighted by Gasteiger charge is -2.10. The highest BCUT2D eigenvalue weighted by Crippen LogP contribution is 2.29. The summed E-state index contributed by atoms with van der Waals surface area (Å²) in [6, 6.07) is 5.98. The third kappa shape index (κ3) is 2.38. The molecule has 4 heteroatoms. The van der Waals surface area contributed by atoms with Crippen molar-refractivity contribution in [3.63, 3.8) is 0 Å². The summed E-state index contributed by atoms with van der Waals surface area (Å²) in [7, 11) is 0. The molecule has 0 radical (unpaired) electrons. The Labute approximate surface area is 107 Å². The van der Waals surface area contributed by atoms with Crippen LogP contribution in [0.1, 0.15) is 23.8 Å².